The molecule has 1 aromatic rings. The molecule has 1 aromatic heterocycles. The molecule has 0 fully saturated rings. The quantitative estimate of drug-likeness (QED) is 0.658. The van der Waals surface area contributed by atoms with Gasteiger partial charge in [-0.3, -0.25) is 4.68 Å². The lowest BCUT2D eigenvalue weighted by molar-refractivity contribution is 0.121. The van der Waals surface area contributed by atoms with Gasteiger partial charge >= 0.3 is 0 Å². The van der Waals surface area contributed by atoms with E-state index in [2.05, 4.69) is 11.7 Å². The maximum absolute atomic E-state index is 11.9. The van der Waals surface area contributed by atoms with E-state index in [1.807, 2.05) is 0 Å². The number of hydrogen-bond acceptors (Lipinski definition) is 2. The van der Waals surface area contributed by atoms with Crippen molar-refractivity contribution in [2.24, 2.45) is 0 Å². The van der Waals surface area contributed by atoms with E-state index >= 15 is 0 Å². The van der Waals surface area contributed by atoms with E-state index in [0.29, 0.717) is 12.4 Å². The predicted octanol–water partition coefficient (Wildman–Crippen LogP) is 1.71. The summed E-state index contributed by atoms with van der Waals surface area (Å²) in [5.41, 5.74) is 0. The Morgan fingerprint density at radius 2 is 2.46 bits per heavy atom. The summed E-state index contributed by atoms with van der Waals surface area (Å²) in [5, 5.41) is 3.69. The molecule has 0 aliphatic heterocycles. The molecule has 72 valence electrons. The standard InChI is InChI=1S/C8H10F2N2O/c1-2-3-13-7-4-11-12(5-7)6-8(9)10/h2,4-5,8H,1,3,6H2. The summed E-state index contributed by atoms with van der Waals surface area (Å²) in [4.78, 5) is 0. The Kier molecular flexibility index (Phi) is 3.42. The molecule has 0 bridgehead atoms. The number of halogens is 2. The van der Waals surface area contributed by atoms with Gasteiger partial charge in [-0.25, -0.2) is 8.78 Å². The van der Waals surface area contributed by atoms with Gasteiger partial charge in [-0.1, -0.05) is 12.7 Å². The summed E-state index contributed by atoms with van der Waals surface area (Å²) < 4.78 is 29.9. The van der Waals surface area contributed by atoms with Gasteiger partial charge in [-0.15, -0.1) is 0 Å². The Labute approximate surface area is 74.6 Å². The molecule has 0 aliphatic carbocycles. The Bertz CT molecular complexity index is 273. The third-order valence-electron chi connectivity index (χ3n) is 1.30. The molecule has 5 heteroatoms. The third-order valence-corrected chi connectivity index (χ3v) is 1.30. The minimum absolute atomic E-state index is 0.348. The summed E-state index contributed by atoms with van der Waals surface area (Å²) in [5.74, 6) is 0.473. The number of alkyl halides is 2. The van der Waals surface area contributed by atoms with Crippen LogP contribution in [0.3, 0.4) is 0 Å². The zero-order chi connectivity index (χ0) is 9.68. The second-order valence-corrected chi connectivity index (χ2v) is 2.39. The first-order chi connectivity index (χ1) is 6.22. The van der Waals surface area contributed by atoms with Crippen LogP contribution in [0.2, 0.25) is 0 Å². The van der Waals surface area contributed by atoms with Gasteiger partial charge in [-0.2, -0.15) is 5.10 Å². The van der Waals surface area contributed by atoms with Crippen LogP contribution < -0.4 is 4.74 Å². The van der Waals surface area contributed by atoms with E-state index in [-0.39, 0.29) is 0 Å². The van der Waals surface area contributed by atoms with Gasteiger partial charge in [0.15, 0.2) is 5.75 Å². The highest BCUT2D eigenvalue weighted by Crippen LogP contribution is 2.09. The SMILES string of the molecule is C=CCOc1cnn(CC(F)F)c1. The zero-order valence-electron chi connectivity index (χ0n) is 6.99. The average molecular weight is 188 g/mol. The second kappa shape index (κ2) is 4.59. The summed E-state index contributed by atoms with van der Waals surface area (Å²) in [6.07, 6.45) is 2.00. The first kappa shape index (κ1) is 9.70. The number of rotatable bonds is 5. The Morgan fingerprint density at radius 1 is 1.69 bits per heavy atom. The summed E-state index contributed by atoms with van der Waals surface area (Å²) in [6.45, 7) is 3.40. The molecule has 0 N–H and O–H groups in total. The molecular formula is C8H10F2N2O. The van der Waals surface area contributed by atoms with Crippen molar-refractivity contribution in [3.05, 3.63) is 25.0 Å². The summed E-state index contributed by atoms with van der Waals surface area (Å²) >= 11 is 0. The van der Waals surface area contributed by atoms with Gasteiger partial charge < -0.3 is 4.74 Å². The van der Waals surface area contributed by atoms with Crippen molar-refractivity contribution >= 4 is 0 Å². The van der Waals surface area contributed by atoms with Crippen LogP contribution in [-0.4, -0.2) is 22.8 Å². The average Bonchev–Trinajstić information content (AvgIpc) is 2.48. The number of aromatic nitrogens is 2. The van der Waals surface area contributed by atoms with Gasteiger partial charge in [0.1, 0.15) is 13.2 Å². The van der Waals surface area contributed by atoms with E-state index in [0.717, 1.165) is 4.68 Å². The van der Waals surface area contributed by atoms with Crippen molar-refractivity contribution in [2.45, 2.75) is 13.0 Å². The maximum atomic E-state index is 11.9. The lowest BCUT2D eigenvalue weighted by atomic mass is 10.6. The highest BCUT2D eigenvalue weighted by Gasteiger charge is 2.05. The molecule has 0 amide bonds. The maximum Gasteiger partial charge on any atom is 0.257 e. The van der Waals surface area contributed by atoms with Crippen molar-refractivity contribution < 1.29 is 13.5 Å². The van der Waals surface area contributed by atoms with Crippen LogP contribution in [0, 0.1) is 0 Å². The van der Waals surface area contributed by atoms with Crippen LogP contribution in [0.4, 0.5) is 8.78 Å². The predicted molar refractivity (Wildman–Crippen MR) is 43.9 cm³/mol. The van der Waals surface area contributed by atoms with Gasteiger partial charge in [0, 0.05) is 0 Å². The molecule has 0 radical (unpaired) electrons. The normalized spacial score (nSPS) is 10.4. The minimum Gasteiger partial charge on any atom is -0.486 e. The third kappa shape index (κ3) is 3.23. The van der Waals surface area contributed by atoms with Crippen molar-refractivity contribution in [1.29, 1.82) is 0 Å². The molecule has 0 atom stereocenters. The highest BCUT2D eigenvalue weighted by atomic mass is 19.3. The number of hydrogen-bond donors (Lipinski definition) is 0. The van der Waals surface area contributed by atoms with Crippen molar-refractivity contribution in [3.63, 3.8) is 0 Å². The molecule has 1 rings (SSSR count). The molecule has 0 aliphatic rings. The van der Waals surface area contributed by atoms with Crippen LogP contribution in [0.25, 0.3) is 0 Å². The fourth-order valence-corrected chi connectivity index (χ4v) is 0.816. The molecule has 0 saturated carbocycles. The lowest BCUT2D eigenvalue weighted by Gasteiger charge is -1.98. The Morgan fingerprint density at radius 3 is 3.08 bits per heavy atom. The number of nitrogens with zero attached hydrogens (tertiary/aromatic N) is 2. The van der Waals surface area contributed by atoms with E-state index in [9.17, 15) is 8.78 Å². The largest absolute Gasteiger partial charge is 0.486 e. The molecule has 13 heavy (non-hydrogen) atoms. The van der Waals surface area contributed by atoms with Crippen LogP contribution >= 0.6 is 0 Å². The molecule has 3 nitrogen and oxygen atoms in total. The fraction of sp³-hybridized carbons (Fsp3) is 0.375. The first-order valence-electron chi connectivity index (χ1n) is 3.76. The van der Waals surface area contributed by atoms with Crippen molar-refractivity contribution in [1.82, 2.24) is 9.78 Å². The van der Waals surface area contributed by atoms with Crippen molar-refractivity contribution in [3.8, 4) is 5.75 Å². The molecule has 0 spiro atoms. The Hall–Kier alpha value is -1.39. The van der Waals surface area contributed by atoms with E-state index < -0.39 is 13.0 Å². The van der Waals surface area contributed by atoms with Gasteiger partial charge in [0.2, 0.25) is 0 Å². The summed E-state index contributed by atoms with van der Waals surface area (Å²) in [7, 11) is 0. The Balaban J connectivity index is 2.48. The molecule has 0 aromatic carbocycles. The van der Waals surface area contributed by atoms with Crippen LogP contribution in [0.15, 0.2) is 25.0 Å². The minimum atomic E-state index is -2.40. The monoisotopic (exact) mass is 188 g/mol. The van der Waals surface area contributed by atoms with E-state index in [1.165, 1.54) is 12.4 Å². The van der Waals surface area contributed by atoms with Crippen LogP contribution in [-0.2, 0) is 6.54 Å². The van der Waals surface area contributed by atoms with Gasteiger partial charge in [-0.05, 0) is 0 Å². The summed E-state index contributed by atoms with van der Waals surface area (Å²) in [6, 6.07) is 0. The number of ether oxygens (including phenoxy) is 1. The van der Waals surface area contributed by atoms with Crippen LogP contribution in [0.5, 0.6) is 5.75 Å². The van der Waals surface area contributed by atoms with Crippen molar-refractivity contribution in [2.75, 3.05) is 6.61 Å². The smallest absolute Gasteiger partial charge is 0.257 e. The molecule has 1 heterocycles. The molecule has 0 saturated heterocycles. The van der Waals surface area contributed by atoms with E-state index in [1.54, 1.807) is 6.08 Å². The highest BCUT2D eigenvalue weighted by molar-refractivity contribution is 5.11. The topological polar surface area (TPSA) is 27.1 Å². The van der Waals surface area contributed by atoms with Crippen LogP contribution in [0.1, 0.15) is 0 Å². The molecule has 0 unspecified atom stereocenters. The lowest BCUT2D eigenvalue weighted by Crippen LogP contribution is -2.06. The second-order valence-electron chi connectivity index (χ2n) is 2.39. The molecular weight excluding hydrogens is 178 g/mol. The first-order valence-corrected chi connectivity index (χ1v) is 3.76. The van der Waals surface area contributed by atoms with Gasteiger partial charge in [0.25, 0.3) is 6.43 Å². The van der Waals surface area contributed by atoms with E-state index in [4.69, 9.17) is 4.74 Å². The fourth-order valence-electron chi connectivity index (χ4n) is 0.816. The van der Waals surface area contributed by atoms with Gasteiger partial charge in [0.05, 0.1) is 12.4 Å². The zero-order valence-corrected chi connectivity index (χ0v) is 6.99.